The van der Waals surface area contributed by atoms with Gasteiger partial charge in [0.25, 0.3) is 5.91 Å². The lowest BCUT2D eigenvalue weighted by Crippen LogP contribution is -2.50. The molecule has 0 spiro atoms. The number of nitrogens with zero attached hydrogens (tertiary/aromatic N) is 2. The first kappa shape index (κ1) is 33.8. The molecule has 3 N–H and O–H groups in total. The van der Waals surface area contributed by atoms with Gasteiger partial charge in [0.2, 0.25) is 0 Å². The van der Waals surface area contributed by atoms with E-state index in [0.29, 0.717) is 43.3 Å². The van der Waals surface area contributed by atoms with E-state index in [1.807, 2.05) is 32.0 Å². The quantitative estimate of drug-likeness (QED) is 0.163. The number of aliphatic hydroxyl groups is 1. The summed E-state index contributed by atoms with van der Waals surface area (Å²) in [5.74, 6) is -2.75. The maximum absolute atomic E-state index is 14.1. The smallest absolute Gasteiger partial charge is 0.390 e. The highest BCUT2D eigenvalue weighted by Crippen LogP contribution is 2.45. The summed E-state index contributed by atoms with van der Waals surface area (Å²) < 4.78 is 70.2. The van der Waals surface area contributed by atoms with E-state index in [-0.39, 0.29) is 29.2 Å². The largest absolute Gasteiger partial charge is 0.435 e. The predicted molar refractivity (Wildman–Crippen MR) is 162 cm³/mol. The molecular weight excluding hydrogens is 599 g/mol. The van der Waals surface area contributed by atoms with Gasteiger partial charge in [0.15, 0.2) is 10.8 Å². The molecule has 2 aromatic carbocycles. The molecule has 0 saturated heterocycles. The Morgan fingerprint density at radius 3 is 2.27 bits per heavy atom. The summed E-state index contributed by atoms with van der Waals surface area (Å²) in [6, 6.07) is 9.77. The van der Waals surface area contributed by atoms with E-state index < -0.39 is 46.4 Å². The Morgan fingerprint density at radius 1 is 1.05 bits per heavy atom. The zero-order valence-electron chi connectivity index (χ0n) is 25.1. The number of hydrogen-bond acceptors (Lipinski definition) is 6. The van der Waals surface area contributed by atoms with Crippen molar-refractivity contribution in [2.45, 2.75) is 83.2 Å². The number of nitrogens with one attached hydrogen (secondary N) is 2. The molecule has 0 bridgehead atoms. The Balaban J connectivity index is 1.60. The Morgan fingerprint density at radius 2 is 1.70 bits per heavy atom. The SMILES string of the molecule is CCCN(CCC)c1nc(C(F)(F)F)c(C(=O)N[C@@H](Cc2cc(F)cc(F)c2)[C@H](O)CNC2(c3cccc(CC)c3)CC2)s1. The lowest BCUT2D eigenvalue weighted by atomic mass is 9.98. The fourth-order valence-electron chi connectivity index (χ4n) is 5.36. The summed E-state index contributed by atoms with van der Waals surface area (Å²) in [5.41, 5.74) is 0.691. The minimum absolute atomic E-state index is 0.0139. The molecule has 1 aliphatic rings. The van der Waals surface area contributed by atoms with Crippen LogP contribution in [-0.2, 0) is 24.6 Å². The van der Waals surface area contributed by atoms with Gasteiger partial charge in [0, 0.05) is 31.2 Å². The van der Waals surface area contributed by atoms with E-state index in [1.165, 1.54) is 0 Å². The molecule has 0 aliphatic heterocycles. The molecule has 0 radical (unpaired) electrons. The number of aryl methyl sites for hydroxylation is 1. The van der Waals surface area contributed by atoms with E-state index in [1.54, 1.807) is 4.90 Å². The van der Waals surface area contributed by atoms with Crippen LogP contribution in [0.15, 0.2) is 42.5 Å². The number of halogens is 5. The minimum atomic E-state index is -4.89. The molecule has 2 atom stereocenters. The van der Waals surface area contributed by atoms with Crippen molar-refractivity contribution in [3.63, 3.8) is 0 Å². The van der Waals surface area contributed by atoms with E-state index in [9.17, 15) is 31.9 Å². The van der Waals surface area contributed by atoms with E-state index >= 15 is 0 Å². The maximum Gasteiger partial charge on any atom is 0.435 e. The van der Waals surface area contributed by atoms with Crippen molar-refractivity contribution >= 4 is 22.4 Å². The summed E-state index contributed by atoms with van der Waals surface area (Å²) in [5, 5.41) is 17.3. The molecular formula is C32H39F5N4O2S. The third-order valence-corrected chi connectivity index (χ3v) is 8.91. The van der Waals surface area contributed by atoms with Crippen LogP contribution in [0.3, 0.4) is 0 Å². The molecule has 1 heterocycles. The van der Waals surface area contributed by atoms with Crippen LogP contribution in [0.25, 0.3) is 0 Å². The molecule has 12 heteroatoms. The molecule has 240 valence electrons. The zero-order valence-corrected chi connectivity index (χ0v) is 25.9. The summed E-state index contributed by atoms with van der Waals surface area (Å²) in [6.45, 7) is 6.79. The first-order valence-electron chi connectivity index (χ1n) is 15.0. The van der Waals surface area contributed by atoms with Crippen molar-refractivity contribution < 1.29 is 31.9 Å². The second-order valence-electron chi connectivity index (χ2n) is 11.3. The molecule has 3 aromatic rings. The van der Waals surface area contributed by atoms with Gasteiger partial charge in [-0.1, -0.05) is 56.4 Å². The average molecular weight is 639 g/mol. The van der Waals surface area contributed by atoms with Gasteiger partial charge in [0.05, 0.1) is 12.1 Å². The number of benzene rings is 2. The third kappa shape index (κ3) is 8.33. The minimum Gasteiger partial charge on any atom is -0.390 e. The van der Waals surface area contributed by atoms with Crippen LogP contribution in [-0.4, -0.2) is 47.8 Å². The first-order valence-corrected chi connectivity index (χ1v) is 15.8. The Hall–Kier alpha value is -3.09. The second kappa shape index (κ2) is 14.3. The number of rotatable bonds is 15. The highest BCUT2D eigenvalue weighted by atomic mass is 32.1. The summed E-state index contributed by atoms with van der Waals surface area (Å²) in [6.07, 6.45) is -2.54. The average Bonchev–Trinajstić information content (AvgIpc) is 3.62. The van der Waals surface area contributed by atoms with Crippen LogP contribution in [0.4, 0.5) is 27.1 Å². The van der Waals surface area contributed by atoms with Crippen LogP contribution in [0, 0.1) is 11.6 Å². The van der Waals surface area contributed by atoms with Crippen molar-refractivity contribution in [2.75, 3.05) is 24.5 Å². The van der Waals surface area contributed by atoms with Crippen molar-refractivity contribution in [1.82, 2.24) is 15.6 Å². The van der Waals surface area contributed by atoms with E-state index in [2.05, 4.69) is 28.6 Å². The monoisotopic (exact) mass is 638 g/mol. The molecule has 1 saturated carbocycles. The fraction of sp³-hybridized carbons (Fsp3) is 0.500. The van der Waals surface area contributed by atoms with Gasteiger partial charge in [-0.3, -0.25) is 4.79 Å². The molecule has 1 aliphatic carbocycles. The number of amides is 1. The van der Waals surface area contributed by atoms with E-state index in [4.69, 9.17) is 0 Å². The summed E-state index contributed by atoms with van der Waals surface area (Å²) in [4.78, 5) is 18.4. The number of aromatic nitrogens is 1. The Kier molecular flexibility index (Phi) is 11.0. The van der Waals surface area contributed by atoms with Gasteiger partial charge in [0.1, 0.15) is 16.5 Å². The summed E-state index contributed by atoms with van der Waals surface area (Å²) >= 11 is 0.641. The fourth-order valence-corrected chi connectivity index (χ4v) is 6.40. The highest BCUT2D eigenvalue weighted by Gasteiger charge is 2.45. The molecule has 6 nitrogen and oxygen atoms in total. The van der Waals surface area contributed by atoms with E-state index in [0.717, 1.165) is 42.5 Å². The molecule has 1 amide bonds. The van der Waals surface area contributed by atoms with Gasteiger partial charge in [-0.2, -0.15) is 13.2 Å². The number of thiazole rings is 1. The molecule has 1 fully saturated rings. The lowest BCUT2D eigenvalue weighted by Gasteiger charge is -2.27. The Labute approximate surface area is 258 Å². The maximum atomic E-state index is 14.1. The number of carbonyl (C=O) groups is 1. The van der Waals surface area contributed by atoms with Crippen molar-refractivity contribution in [3.8, 4) is 0 Å². The van der Waals surface area contributed by atoms with Gasteiger partial charge in [-0.15, -0.1) is 0 Å². The van der Waals surface area contributed by atoms with Gasteiger partial charge < -0.3 is 20.6 Å². The number of anilines is 1. The topological polar surface area (TPSA) is 77.5 Å². The van der Waals surface area contributed by atoms with Crippen LogP contribution < -0.4 is 15.5 Å². The highest BCUT2D eigenvalue weighted by molar-refractivity contribution is 7.17. The lowest BCUT2D eigenvalue weighted by molar-refractivity contribution is -0.141. The number of carbonyl (C=O) groups excluding carboxylic acids is 1. The zero-order chi connectivity index (χ0) is 32.1. The number of aliphatic hydroxyl groups excluding tert-OH is 1. The van der Waals surface area contributed by atoms with Crippen molar-refractivity contribution in [1.29, 1.82) is 0 Å². The van der Waals surface area contributed by atoms with Crippen LogP contribution in [0.5, 0.6) is 0 Å². The van der Waals surface area contributed by atoms with Crippen molar-refractivity contribution in [3.05, 3.63) is 81.4 Å². The van der Waals surface area contributed by atoms with Gasteiger partial charge in [-0.25, -0.2) is 13.8 Å². The first-order chi connectivity index (χ1) is 20.9. The van der Waals surface area contributed by atoms with Crippen molar-refractivity contribution in [2.24, 2.45) is 0 Å². The predicted octanol–water partition coefficient (Wildman–Crippen LogP) is 6.61. The van der Waals surface area contributed by atoms with Gasteiger partial charge in [-0.05, 0) is 67.3 Å². The van der Waals surface area contributed by atoms with Crippen LogP contribution >= 0.6 is 11.3 Å². The standard InChI is InChI=1S/C32H39F5N4O2S/c1-4-12-41(13-5-2)30-40-28(32(35,36)37)27(44-30)29(43)39-25(17-21-15-23(33)18-24(34)16-21)26(42)19-38-31(10-11-31)22-9-7-8-20(6-3)14-22/h7-9,14-16,18,25-26,38,42H,4-6,10-13,17,19H2,1-3H3,(H,39,43)/t25-,26+/m0/s1. The van der Waals surface area contributed by atoms with Gasteiger partial charge >= 0.3 is 6.18 Å². The third-order valence-electron chi connectivity index (χ3n) is 7.79. The molecule has 4 rings (SSSR count). The van der Waals surface area contributed by atoms with Crippen LogP contribution in [0.2, 0.25) is 0 Å². The molecule has 1 aromatic heterocycles. The molecule has 44 heavy (non-hydrogen) atoms. The Bertz CT molecular complexity index is 1400. The normalized spacial score (nSPS) is 15.6. The second-order valence-corrected chi connectivity index (χ2v) is 12.3. The number of alkyl halides is 3. The van der Waals surface area contributed by atoms with Crippen LogP contribution in [0.1, 0.15) is 78.5 Å². The summed E-state index contributed by atoms with van der Waals surface area (Å²) in [7, 11) is 0. The number of hydrogen-bond donors (Lipinski definition) is 3. The molecule has 0 unspecified atom stereocenters.